The van der Waals surface area contributed by atoms with E-state index in [0.29, 0.717) is 0 Å². The number of rotatable bonds is 2. The first-order valence-electron chi connectivity index (χ1n) is 5.72. The van der Waals surface area contributed by atoms with Gasteiger partial charge >= 0.3 is 0 Å². The van der Waals surface area contributed by atoms with Gasteiger partial charge < -0.3 is 0 Å². The topological polar surface area (TPSA) is 3.24 Å². The highest BCUT2D eigenvalue weighted by molar-refractivity contribution is 9.09. The van der Waals surface area contributed by atoms with Gasteiger partial charge in [-0.15, -0.1) is 0 Å². The maximum atomic E-state index is 3.56. The van der Waals surface area contributed by atoms with Crippen LogP contribution in [0.4, 0.5) is 0 Å². The normalized spacial score (nSPS) is 35.8. The van der Waals surface area contributed by atoms with Crippen LogP contribution in [0.2, 0.25) is 0 Å². The molecule has 0 aromatic rings. The number of nitrogens with zero attached hydrogens (tertiary/aromatic N) is 1. The van der Waals surface area contributed by atoms with E-state index in [9.17, 15) is 0 Å². The molecule has 2 aliphatic rings. The summed E-state index contributed by atoms with van der Waals surface area (Å²) >= 11 is 3.56. The largest absolute Gasteiger partial charge is 0.299 e. The predicted molar refractivity (Wildman–Crippen MR) is 60.3 cm³/mol. The summed E-state index contributed by atoms with van der Waals surface area (Å²) in [7, 11) is 0. The van der Waals surface area contributed by atoms with E-state index in [2.05, 4.69) is 20.8 Å². The lowest BCUT2D eigenvalue weighted by atomic mass is 9.78. The lowest BCUT2D eigenvalue weighted by Crippen LogP contribution is -2.47. The lowest BCUT2D eigenvalue weighted by Gasteiger charge is -2.44. The van der Waals surface area contributed by atoms with Crippen molar-refractivity contribution in [1.29, 1.82) is 0 Å². The summed E-state index contributed by atoms with van der Waals surface area (Å²) in [6, 6.07) is 0.944. The average Bonchev–Trinajstić information content (AvgIpc) is 2.19. The molecule has 1 aliphatic heterocycles. The fourth-order valence-corrected chi connectivity index (χ4v) is 3.57. The summed E-state index contributed by atoms with van der Waals surface area (Å²) < 4.78 is 0. The molecule has 2 rings (SSSR count). The van der Waals surface area contributed by atoms with Gasteiger partial charge in [-0.3, -0.25) is 4.90 Å². The SMILES string of the molecule is BrCCN1CCCC2CCCCC21. The van der Waals surface area contributed by atoms with E-state index < -0.39 is 0 Å². The summed E-state index contributed by atoms with van der Waals surface area (Å²) in [5, 5.41) is 1.15. The Labute approximate surface area is 90.0 Å². The fraction of sp³-hybridized carbons (Fsp3) is 1.00. The third-order valence-corrected chi connectivity index (χ3v) is 4.08. The molecule has 0 bridgehead atoms. The maximum Gasteiger partial charge on any atom is 0.0159 e. The number of piperidine rings is 1. The van der Waals surface area contributed by atoms with E-state index in [1.165, 1.54) is 51.6 Å². The van der Waals surface area contributed by atoms with Crippen LogP contribution in [0, 0.1) is 5.92 Å². The molecular weight excluding hydrogens is 226 g/mol. The second-order valence-electron chi connectivity index (χ2n) is 4.48. The molecule has 1 saturated heterocycles. The van der Waals surface area contributed by atoms with Gasteiger partial charge in [0.15, 0.2) is 0 Å². The van der Waals surface area contributed by atoms with Crippen LogP contribution in [0.3, 0.4) is 0 Å². The molecule has 76 valence electrons. The molecule has 0 N–H and O–H groups in total. The molecule has 0 spiro atoms. The quantitative estimate of drug-likeness (QED) is 0.677. The molecule has 1 heterocycles. The summed E-state index contributed by atoms with van der Waals surface area (Å²) in [5.74, 6) is 1.04. The van der Waals surface area contributed by atoms with Crippen molar-refractivity contribution in [2.45, 2.75) is 44.6 Å². The molecule has 13 heavy (non-hydrogen) atoms. The highest BCUT2D eigenvalue weighted by Crippen LogP contribution is 2.34. The third-order valence-electron chi connectivity index (χ3n) is 3.73. The van der Waals surface area contributed by atoms with E-state index in [4.69, 9.17) is 0 Å². The van der Waals surface area contributed by atoms with Gasteiger partial charge in [0.2, 0.25) is 0 Å². The Morgan fingerprint density at radius 3 is 2.69 bits per heavy atom. The van der Waals surface area contributed by atoms with Crippen LogP contribution in [0.25, 0.3) is 0 Å². The summed E-state index contributed by atoms with van der Waals surface area (Å²) in [4.78, 5) is 2.72. The van der Waals surface area contributed by atoms with Crippen LogP contribution in [0.1, 0.15) is 38.5 Å². The Morgan fingerprint density at radius 1 is 1.08 bits per heavy atom. The smallest absolute Gasteiger partial charge is 0.0159 e. The van der Waals surface area contributed by atoms with Crippen molar-refractivity contribution in [2.75, 3.05) is 18.4 Å². The van der Waals surface area contributed by atoms with Gasteiger partial charge in [0, 0.05) is 17.9 Å². The van der Waals surface area contributed by atoms with E-state index in [1.807, 2.05) is 0 Å². The van der Waals surface area contributed by atoms with Crippen molar-refractivity contribution in [2.24, 2.45) is 5.92 Å². The van der Waals surface area contributed by atoms with Gasteiger partial charge in [-0.25, -0.2) is 0 Å². The second-order valence-corrected chi connectivity index (χ2v) is 5.27. The zero-order valence-electron chi connectivity index (χ0n) is 8.34. The van der Waals surface area contributed by atoms with Crippen molar-refractivity contribution in [3.63, 3.8) is 0 Å². The molecule has 1 aliphatic carbocycles. The van der Waals surface area contributed by atoms with Gasteiger partial charge in [0.1, 0.15) is 0 Å². The van der Waals surface area contributed by atoms with Crippen LogP contribution in [0.5, 0.6) is 0 Å². The highest BCUT2D eigenvalue weighted by atomic mass is 79.9. The minimum Gasteiger partial charge on any atom is -0.299 e. The molecule has 1 nitrogen and oxygen atoms in total. The van der Waals surface area contributed by atoms with Gasteiger partial charge in [0.25, 0.3) is 0 Å². The summed E-state index contributed by atoms with van der Waals surface area (Å²) in [6.45, 7) is 2.62. The van der Waals surface area contributed by atoms with Crippen LogP contribution in [-0.2, 0) is 0 Å². The van der Waals surface area contributed by atoms with Crippen molar-refractivity contribution < 1.29 is 0 Å². The monoisotopic (exact) mass is 245 g/mol. The van der Waals surface area contributed by atoms with Crippen molar-refractivity contribution in [1.82, 2.24) is 4.90 Å². The first-order valence-corrected chi connectivity index (χ1v) is 6.84. The van der Waals surface area contributed by atoms with Crippen LogP contribution in [0.15, 0.2) is 0 Å². The van der Waals surface area contributed by atoms with Crippen molar-refractivity contribution >= 4 is 15.9 Å². The highest BCUT2D eigenvalue weighted by Gasteiger charge is 2.32. The van der Waals surface area contributed by atoms with Crippen molar-refractivity contribution in [3.8, 4) is 0 Å². The fourth-order valence-electron chi connectivity index (χ4n) is 3.11. The number of fused-ring (bicyclic) bond motifs is 1. The molecule has 2 heteroatoms. The molecule has 0 aromatic heterocycles. The first-order chi connectivity index (χ1) is 6.42. The van der Waals surface area contributed by atoms with Crippen LogP contribution < -0.4 is 0 Å². The molecular formula is C11H20BrN. The Kier molecular flexibility index (Phi) is 3.67. The zero-order chi connectivity index (χ0) is 9.10. The molecule has 2 unspecified atom stereocenters. The molecule has 0 radical (unpaired) electrons. The molecule has 0 aromatic carbocycles. The van der Waals surface area contributed by atoms with E-state index in [1.54, 1.807) is 0 Å². The lowest BCUT2D eigenvalue weighted by molar-refractivity contribution is 0.0669. The third kappa shape index (κ3) is 2.27. The van der Waals surface area contributed by atoms with Gasteiger partial charge in [-0.1, -0.05) is 28.8 Å². The Morgan fingerprint density at radius 2 is 1.85 bits per heavy atom. The van der Waals surface area contributed by atoms with Crippen LogP contribution in [-0.4, -0.2) is 29.4 Å². The zero-order valence-corrected chi connectivity index (χ0v) is 9.93. The number of hydrogen-bond acceptors (Lipinski definition) is 1. The number of halogens is 1. The average molecular weight is 246 g/mol. The minimum atomic E-state index is 0.944. The summed E-state index contributed by atoms with van der Waals surface area (Å²) in [5.41, 5.74) is 0. The Bertz CT molecular complexity index is 156. The predicted octanol–water partition coefficient (Wildman–Crippen LogP) is 3.04. The van der Waals surface area contributed by atoms with Gasteiger partial charge in [-0.05, 0) is 38.1 Å². The second kappa shape index (κ2) is 4.79. The maximum absolute atomic E-state index is 3.56. The standard InChI is InChI=1S/C11H20BrN/c12-7-9-13-8-3-5-10-4-1-2-6-11(10)13/h10-11H,1-9H2. The summed E-state index contributed by atoms with van der Waals surface area (Å²) in [6.07, 6.45) is 8.88. The van der Waals surface area contributed by atoms with Gasteiger partial charge in [0.05, 0.1) is 0 Å². The number of alkyl halides is 1. The molecule has 1 saturated carbocycles. The van der Waals surface area contributed by atoms with E-state index in [-0.39, 0.29) is 0 Å². The Balaban J connectivity index is 1.94. The van der Waals surface area contributed by atoms with E-state index >= 15 is 0 Å². The number of likely N-dealkylation sites (tertiary alicyclic amines) is 1. The number of hydrogen-bond donors (Lipinski definition) is 0. The van der Waals surface area contributed by atoms with E-state index in [0.717, 1.165) is 17.3 Å². The van der Waals surface area contributed by atoms with Crippen molar-refractivity contribution in [3.05, 3.63) is 0 Å². The minimum absolute atomic E-state index is 0.944. The first kappa shape index (κ1) is 9.97. The molecule has 0 amide bonds. The molecule has 2 fully saturated rings. The Hall–Kier alpha value is 0.440. The van der Waals surface area contributed by atoms with Crippen LogP contribution >= 0.6 is 15.9 Å². The molecule has 2 atom stereocenters. The van der Waals surface area contributed by atoms with Gasteiger partial charge in [-0.2, -0.15) is 0 Å².